The molecule has 1 N–H and O–H groups in total. The molecule has 0 radical (unpaired) electrons. The van der Waals surface area contributed by atoms with Crippen molar-refractivity contribution < 1.29 is 4.79 Å². The van der Waals surface area contributed by atoms with Crippen molar-refractivity contribution in [2.45, 2.75) is 5.75 Å². The van der Waals surface area contributed by atoms with E-state index in [1.54, 1.807) is 36.9 Å². The lowest BCUT2D eigenvalue weighted by atomic mass is 10.3. The molecule has 0 bridgehead atoms. The minimum atomic E-state index is -0.128. The van der Waals surface area contributed by atoms with Crippen LogP contribution in [0.1, 0.15) is 15.9 Å². The Kier molecular flexibility index (Phi) is 4.10. The Morgan fingerprint density at radius 3 is 2.71 bits per heavy atom. The third-order valence-electron chi connectivity index (χ3n) is 2.08. The van der Waals surface area contributed by atoms with Gasteiger partial charge in [0.05, 0.1) is 5.56 Å². The van der Waals surface area contributed by atoms with Gasteiger partial charge in [0.15, 0.2) is 0 Å². The number of amides is 1. The Balaban J connectivity index is 1.82. The molecule has 2 rings (SSSR count). The van der Waals surface area contributed by atoms with Crippen molar-refractivity contribution in [2.75, 3.05) is 0 Å². The van der Waals surface area contributed by atoms with Gasteiger partial charge < -0.3 is 0 Å². The highest BCUT2D eigenvalue weighted by molar-refractivity contribution is 7.97. The maximum atomic E-state index is 11.7. The number of aromatic nitrogens is 2. The van der Waals surface area contributed by atoms with Gasteiger partial charge in [-0.3, -0.25) is 19.5 Å². The first-order valence-electron chi connectivity index (χ1n) is 5.07. The van der Waals surface area contributed by atoms with E-state index in [0.717, 1.165) is 5.56 Å². The van der Waals surface area contributed by atoms with Crippen LogP contribution in [0, 0.1) is 0 Å². The molecule has 0 spiro atoms. The smallest absolute Gasteiger partial charge is 0.262 e. The topological polar surface area (TPSA) is 54.9 Å². The number of hydrogen-bond donors (Lipinski definition) is 1. The van der Waals surface area contributed by atoms with Crippen LogP contribution in [0.5, 0.6) is 0 Å². The van der Waals surface area contributed by atoms with Gasteiger partial charge in [-0.15, -0.1) is 0 Å². The van der Waals surface area contributed by atoms with Gasteiger partial charge in [0, 0.05) is 30.5 Å². The van der Waals surface area contributed by atoms with E-state index in [-0.39, 0.29) is 5.91 Å². The maximum Gasteiger partial charge on any atom is 0.262 e. The molecule has 0 atom stereocenters. The van der Waals surface area contributed by atoms with Crippen molar-refractivity contribution in [1.82, 2.24) is 14.7 Å². The van der Waals surface area contributed by atoms with Crippen molar-refractivity contribution in [3.8, 4) is 0 Å². The van der Waals surface area contributed by atoms with Gasteiger partial charge in [0.25, 0.3) is 5.91 Å². The molecule has 2 aromatic rings. The first-order valence-corrected chi connectivity index (χ1v) is 6.06. The van der Waals surface area contributed by atoms with E-state index in [2.05, 4.69) is 14.7 Å². The number of nitrogens with zero attached hydrogens (tertiary/aromatic N) is 2. The van der Waals surface area contributed by atoms with Crippen LogP contribution < -0.4 is 4.72 Å². The van der Waals surface area contributed by atoms with Gasteiger partial charge in [-0.25, -0.2) is 0 Å². The van der Waals surface area contributed by atoms with Crippen LogP contribution in [0.3, 0.4) is 0 Å². The van der Waals surface area contributed by atoms with Crippen LogP contribution in [0.2, 0.25) is 0 Å². The summed E-state index contributed by atoms with van der Waals surface area (Å²) in [4.78, 5) is 19.5. The molecule has 2 heterocycles. The second kappa shape index (κ2) is 6.00. The lowest BCUT2D eigenvalue weighted by molar-refractivity contribution is 0.0984. The first-order chi connectivity index (χ1) is 8.36. The number of rotatable bonds is 4. The molecule has 0 fully saturated rings. The molecule has 86 valence electrons. The molecule has 4 nitrogen and oxygen atoms in total. The van der Waals surface area contributed by atoms with Gasteiger partial charge in [-0.05, 0) is 41.8 Å². The van der Waals surface area contributed by atoms with Gasteiger partial charge in [0.2, 0.25) is 0 Å². The van der Waals surface area contributed by atoms with Crippen molar-refractivity contribution in [3.63, 3.8) is 0 Å². The standard InChI is InChI=1S/C12H11N3OS/c16-12(11-2-1-5-14-8-11)15-17-9-10-3-6-13-7-4-10/h1-8H,9H2,(H,15,16). The van der Waals surface area contributed by atoms with Crippen molar-refractivity contribution in [1.29, 1.82) is 0 Å². The fraction of sp³-hybridized carbons (Fsp3) is 0.0833. The molecule has 0 saturated heterocycles. The highest BCUT2D eigenvalue weighted by Crippen LogP contribution is 2.08. The van der Waals surface area contributed by atoms with Gasteiger partial charge in [0.1, 0.15) is 0 Å². The quantitative estimate of drug-likeness (QED) is 0.838. The zero-order valence-electron chi connectivity index (χ0n) is 9.04. The van der Waals surface area contributed by atoms with Gasteiger partial charge >= 0.3 is 0 Å². The summed E-state index contributed by atoms with van der Waals surface area (Å²) in [6.07, 6.45) is 6.65. The third-order valence-corrected chi connectivity index (χ3v) is 2.88. The Morgan fingerprint density at radius 1 is 1.18 bits per heavy atom. The van der Waals surface area contributed by atoms with E-state index in [1.165, 1.54) is 11.9 Å². The molecule has 0 unspecified atom stereocenters. The van der Waals surface area contributed by atoms with E-state index in [0.29, 0.717) is 11.3 Å². The zero-order chi connectivity index (χ0) is 11.9. The Bertz CT molecular complexity index is 476. The monoisotopic (exact) mass is 245 g/mol. The van der Waals surface area contributed by atoms with E-state index in [4.69, 9.17) is 0 Å². The molecule has 0 aliphatic heterocycles. The van der Waals surface area contributed by atoms with E-state index < -0.39 is 0 Å². The van der Waals surface area contributed by atoms with E-state index >= 15 is 0 Å². The fourth-order valence-corrected chi connectivity index (χ4v) is 1.90. The maximum absolute atomic E-state index is 11.7. The van der Waals surface area contributed by atoms with Crippen LogP contribution in [0.15, 0.2) is 49.1 Å². The van der Waals surface area contributed by atoms with Crippen LogP contribution >= 0.6 is 11.9 Å². The minimum Gasteiger partial charge on any atom is -0.296 e. The second-order valence-corrected chi connectivity index (χ2v) is 4.10. The lowest BCUT2D eigenvalue weighted by Gasteiger charge is -2.03. The normalized spacial score (nSPS) is 9.88. The number of hydrogen-bond acceptors (Lipinski definition) is 4. The second-order valence-electron chi connectivity index (χ2n) is 3.32. The van der Waals surface area contributed by atoms with Crippen molar-refractivity contribution in [3.05, 3.63) is 60.2 Å². The predicted octanol–water partition coefficient (Wildman–Crippen LogP) is 2.05. The van der Waals surface area contributed by atoms with Crippen LogP contribution in [-0.4, -0.2) is 15.9 Å². The summed E-state index contributed by atoms with van der Waals surface area (Å²) in [6, 6.07) is 7.31. The minimum absolute atomic E-state index is 0.128. The average molecular weight is 245 g/mol. The summed E-state index contributed by atoms with van der Waals surface area (Å²) in [7, 11) is 0. The Hall–Kier alpha value is -1.88. The summed E-state index contributed by atoms with van der Waals surface area (Å²) in [5, 5.41) is 0. The lowest BCUT2D eigenvalue weighted by Crippen LogP contribution is -2.16. The molecular formula is C12H11N3OS. The van der Waals surface area contributed by atoms with Crippen molar-refractivity contribution in [2.24, 2.45) is 0 Å². The molecule has 5 heteroatoms. The Morgan fingerprint density at radius 2 is 2.00 bits per heavy atom. The molecule has 2 aromatic heterocycles. The van der Waals surface area contributed by atoms with Crippen LogP contribution in [0.4, 0.5) is 0 Å². The third kappa shape index (κ3) is 3.57. The molecular weight excluding hydrogens is 234 g/mol. The average Bonchev–Trinajstić information content (AvgIpc) is 2.41. The molecule has 0 aliphatic carbocycles. The predicted molar refractivity (Wildman–Crippen MR) is 67.2 cm³/mol. The SMILES string of the molecule is O=C(NSCc1ccncc1)c1cccnc1. The number of carbonyl (C=O) groups excluding carboxylic acids is 1. The molecule has 0 aromatic carbocycles. The highest BCUT2D eigenvalue weighted by atomic mass is 32.2. The first kappa shape index (κ1) is 11.6. The van der Waals surface area contributed by atoms with Crippen LogP contribution in [-0.2, 0) is 5.75 Å². The number of nitrogens with one attached hydrogen (secondary N) is 1. The van der Waals surface area contributed by atoms with Gasteiger partial charge in [-0.1, -0.05) is 0 Å². The van der Waals surface area contributed by atoms with Crippen molar-refractivity contribution >= 4 is 17.9 Å². The largest absolute Gasteiger partial charge is 0.296 e. The summed E-state index contributed by atoms with van der Waals surface area (Å²) in [5.41, 5.74) is 1.69. The zero-order valence-corrected chi connectivity index (χ0v) is 9.85. The molecule has 0 saturated carbocycles. The summed E-state index contributed by atoms with van der Waals surface area (Å²) in [5.74, 6) is 0.589. The number of pyridine rings is 2. The van der Waals surface area contributed by atoms with Crippen LogP contribution in [0.25, 0.3) is 0 Å². The molecule has 17 heavy (non-hydrogen) atoms. The van der Waals surface area contributed by atoms with E-state index in [1.807, 2.05) is 12.1 Å². The fourth-order valence-electron chi connectivity index (χ4n) is 1.22. The molecule has 0 aliphatic rings. The molecule has 1 amide bonds. The summed E-state index contributed by atoms with van der Waals surface area (Å²) in [6.45, 7) is 0. The summed E-state index contributed by atoms with van der Waals surface area (Å²) >= 11 is 1.35. The van der Waals surface area contributed by atoms with Gasteiger partial charge in [-0.2, -0.15) is 0 Å². The number of carbonyl (C=O) groups is 1. The van der Waals surface area contributed by atoms with E-state index in [9.17, 15) is 4.79 Å². The summed E-state index contributed by atoms with van der Waals surface area (Å²) < 4.78 is 2.76. The highest BCUT2D eigenvalue weighted by Gasteiger charge is 2.04. The Labute approximate surface area is 104 Å².